The third kappa shape index (κ3) is 9.40. The number of rotatable bonds is 12. The summed E-state index contributed by atoms with van der Waals surface area (Å²) in [5.41, 5.74) is 5.23. The molecule has 4 aliphatic heterocycles. The van der Waals surface area contributed by atoms with Crippen molar-refractivity contribution >= 4 is 61.2 Å². The van der Waals surface area contributed by atoms with E-state index in [0.717, 1.165) is 99.1 Å². The summed E-state index contributed by atoms with van der Waals surface area (Å²) in [7, 11) is -4.60. The Balaban J connectivity index is 0.858. The maximum Gasteiger partial charge on any atom is 0.293 e. The third-order valence-corrected chi connectivity index (χ3v) is 18.1. The van der Waals surface area contributed by atoms with Crippen LogP contribution < -0.4 is 24.7 Å². The van der Waals surface area contributed by atoms with E-state index in [1.54, 1.807) is 6.07 Å². The van der Waals surface area contributed by atoms with Gasteiger partial charge in [0.2, 0.25) is 0 Å². The standard InChI is InChI=1S/C54H67N9O8S/c1-35(2)42-6-4-5-7-43(42)49-34-71-24-22-60(49)39-29-54(30-39)17-20-59(21-18-54)38-8-10-44(46(27-38)62-32-40-33-70-25-23-61(40)51-48(62)26-37-14-19-55-50(37)57-51)52(64)58-72(68,69)41-9-11-45(47(28-41)63(66)67)56-31-36-12-15-53(3,65)16-13-36/h4-11,14,19,26-28,35-36,39-40,49,56,65H,12-13,15-18,20-25,29-34H2,1-3H3,(H,55,57)(H,58,64)/t36?,40-,49-,53?/m0/s1. The number of nitro groups is 1. The van der Waals surface area contributed by atoms with Crippen molar-refractivity contribution in [1.82, 2.24) is 19.6 Å². The van der Waals surface area contributed by atoms with Gasteiger partial charge in [-0.05, 0) is 129 Å². The van der Waals surface area contributed by atoms with Gasteiger partial charge in [-0.1, -0.05) is 38.1 Å². The number of aliphatic hydroxyl groups is 1. The number of nitrogens with one attached hydrogen (secondary N) is 3. The molecule has 2 aromatic heterocycles. The Morgan fingerprint density at radius 1 is 0.931 bits per heavy atom. The average Bonchev–Trinajstić information content (AvgIpc) is 3.84. The van der Waals surface area contributed by atoms with Crippen LogP contribution in [-0.2, 0) is 19.5 Å². The molecule has 3 aromatic carbocycles. The fraction of sp³-hybridized carbons (Fsp3) is 0.519. The molecule has 382 valence electrons. The van der Waals surface area contributed by atoms with E-state index in [-0.39, 0.29) is 34.7 Å². The molecule has 0 radical (unpaired) electrons. The fourth-order valence-corrected chi connectivity index (χ4v) is 13.6. The monoisotopic (exact) mass is 1000 g/mol. The number of hydrogen-bond donors (Lipinski definition) is 4. The molecule has 6 aliphatic rings. The maximum absolute atomic E-state index is 14.7. The SMILES string of the molecule is CC(C)c1ccccc1[C@@H]1COCCN1C1CC2(CCN(c3ccc(C(=O)NS(=O)(=O)c4ccc(NCC5CCC(C)(O)CC5)c([N+](=O)[O-])c4)c(N4C[C@H]5COCCN5c5nc6[nH]ccc6cc54)c3)CC2)C1. The minimum Gasteiger partial charge on any atom is -0.390 e. The Hall–Kier alpha value is -5.79. The lowest BCUT2D eigenvalue weighted by Gasteiger charge is -2.57. The first kappa shape index (κ1) is 48.5. The number of fused-ring (bicyclic) bond motifs is 4. The zero-order chi connectivity index (χ0) is 49.9. The predicted octanol–water partition coefficient (Wildman–Crippen LogP) is 8.25. The van der Waals surface area contributed by atoms with Crippen LogP contribution in [0.5, 0.6) is 0 Å². The molecule has 1 amide bonds. The van der Waals surface area contributed by atoms with Crippen LogP contribution in [0.25, 0.3) is 11.0 Å². The van der Waals surface area contributed by atoms with Gasteiger partial charge < -0.3 is 39.6 Å². The lowest BCUT2D eigenvalue weighted by atomic mass is 9.59. The fourth-order valence-electron chi connectivity index (χ4n) is 12.6. The lowest BCUT2D eigenvalue weighted by molar-refractivity contribution is -0.384. The molecule has 11 rings (SSSR count). The Kier molecular flexibility index (Phi) is 13.0. The highest BCUT2D eigenvalue weighted by molar-refractivity contribution is 7.90. The summed E-state index contributed by atoms with van der Waals surface area (Å²) in [5, 5.41) is 26.8. The molecule has 18 heteroatoms. The summed E-state index contributed by atoms with van der Waals surface area (Å²) in [4.78, 5) is 43.8. The van der Waals surface area contributed by atoms with Gasteiger partial charge in [-0.15, -0.1) is 0 Å². The minimum absolute atomic E-state index is 0.0959. The number of nitrogens with zero attached hydrogens (tertiary/aromatic N) is 6. The highest BCUT2D eigenvalue weighted by atomic mass is 32.2. The van der Waals surface area contributed by atoms with E-state index < -0.39 is 37.0 Å². The number of ether oxygens (including phenoxy) is 2. The molecule has 72 heavy (non-hydrogen) atoms. The second kappa shape index (κ2) is 19.2. The van der Waals surface area contributed by atoms with Crippen LogP contribution in [-0.4, -0.2) is 123 Å². The molecule has 17 nitrogen and oxygen atoms in total. The van der Waals surface area contributed by atoms with Gasteiger partial charge in [0.1, 0.15) is 11.3 Å². The number of carbonyl (C=O) groups is 1. The third-order valence-electron chi connectivity index (χ3n) is 16.8. The van der Waals surface area contributed by atoms with Crippen LogP contribution >= 0.6 is 0 Å². The van der Waals surface area contributed by atoms with Gasteiger partial charge in [-0.3, -0.25) is 19.8 Å². The Bertz CT molecular complexity index is 2950. The molecule has 4 N–H and O–H groups in total. The van der Waals surface area contributed by atoms with Gasteiger partial charge in [0.15, 0.2) is 5.82 Å². The molecule has 1 spiro atoms. The summed E-state index contributed by atoms with van der Waals surface area (Å²) in [5.74, 6) is 0.528. The zero-order valence-electron chi connectivity index (χ0n) is 41.5. The molecule has 6 heterocycles. The van der Waals surface area contributed by atoms with Gasteiger partial charge in [-0.2, -0.15) is 0 Å². The van der Waals surface area contributed by atoms with Gasteiger partial charge in [0, 0.05) is 68.6 Å². The van der Waals surface area contributed by atoms with Crippen molar-refractivity contribution < 1.29 is 32.7 Å². The van der Waals surface area contributed by atoms with Crippen LogP contribution in [0, 0.1) is 21.4 Å². The number of carbonyl (C=O) groups excluding carboxylic acids is 1. The number of amides is 1. The summed E-state index contributed by atoms with van der Waals surface area (Å²) >= 11 is 0. The summed E-state index contributed by atoms with van der Waals surface area (Å²) in [6, 6.07) is 22.8. The molecule has 2 atom stereocenters. The molecular weight excluding hydrogens is 935 g/mol. The van der Waals surface area contributed by atoms with Gasteiger partial charge >= 0.3 is 0 Å². The second-order valence-corrected chi connectivity index (χ2v) is 23.5. The van der Waals surface area contributed by atoms with E-state index in [1.165, 1.54) is 23.3 Å². The van der Waals surface area contributed by atoms with E-state index in [1.807, 2.05) is 31.3 Å². The van der Waals surface area contributed by atoms with Crippen molar-refractivity contribution in [3.05, 3.63) is 106 Å². The first-order valence-corrected chi connectivity index (χ1v) is 27.4. The molecule has 5 aromatic rings. The lowest BCUT2D eigenvalue weighted by Crippen LogP contribution is -2.58. The van der Waals surface area contributed by atoms with Crippen LogP contribution in [0.15, 0.2) is 83.9 Å². The number of benzene rings is 3. The largest absolute Gasteiger partial charge is 0.390 e. The maximum atomic E-state index is 14.7. The number of anilines is 5. The number of pyridine rings is 1. The predicted molar refractivity (Wildman–Crippen MR) is 278 cm³/mol. The number of aromatic amines is 1. The van der Waals surface area contributed by atoms with E-state index in [4.69, 9.17) is 14.5 Å². The summed E-state index contributed by atoms with van der Waals surface area (Å²) < 4.78 is 42.7. The summed E-state index contributed by atoms with van der Waals surface area (Å²) in [6.45, 7) is 13.0. The molecule has 3 saturated heterocycles. The highest BCUT2D eigenvalue weighted by Gasteiger charge is 2.50. The molecule has 2 aliphatic carbocycles. The quantitative estimate of drug-likeness (QED) is 0.0688. The highest BCUT2D eigenvalue weighted by Crippen LogP contribution is 2.54. The average molecular weight is 1000 g/mol. The van der Waals surface area contributed by atoms with Crippen molar-refractivity contribution in [2.45, 2.75) is 107 Å². The molecule has 0 unspecified atom stereocenters. The van der Waals surface area contributed by atoms with Crippen molar-refractivity contribution in [2.75, 3.05) is 85.7 Å². The normalized spacial score (nSPS) is 24.7. The van der Waals surface area contributed by atoms with Crippen LogP contribution in [0.2, 0.25) is 0 Å². The van der Waals surface area contributed by atoms with E-state index in [9.17, 15) is 28.4 Å². The van der Waals surface area contributed by atoms with Crippen LogP contribution in [0.4, 0.5) is 34.3 Å². The Morgan fingerprint density at radius 3 is 2.47 bits per heavy atom. The second-order valence-electron chi connectivity index (χ2n) is 21.8. The molecule has 5 fully saturated rings. The number of aromatic nitrogens is 2. The Labute approximate surface area is 421 Å². The smallest absolute Gasteiger partial charge is 0.293 e. The molecule has 2 saturated carbocycles. The van der Waals surface area contributed by atoms with E-state index >= 15 is 0 Å². The van der Waals surface area contributed by atoms with Gasteiger partial charge in [-0.25, -0.2) is 18.1 Å². The van der Waals surface area contributed by atoms with Crippen LogP contribution in [0.1, 0.15) is 106 Å². The number of H-pyrrole nitrogens is 1. The van der Waals surface area contributed by atoms with Crippen molar-refractivity contribution in [1.29, 1.82) is 0 Å². The number of sulfonamides is 1. The number of nitro benzene ring substituents is 1. The number of morpholine rings is 2. The van der Waals surface area contributed by atoms with E-state index in [0.29, 0.717) is 69.9 Å². The van der Waals surface area contributed by atoms with Gasteiger partial charge in [0.25, 0.3) is 21.6 Å². The molecular formula is C54H67N9O8S. The zero-order valence-corrected chi connectivity index (χ0v) is 42.3. The van der Waals surface area contributed by atoms with Crippen molar-refractivity contribution in [3.63, 3.8) is 0 Å². The van der Waals surface area contributed by atoms with Gasteiger partial charge in [0.05, 0.1) is 70.9 Å². The van der Waals surface area contributed by atoms with Crippen molar-refractivity contribution in [2.24, 2.45) is 11.3 Å². The minimum atomic E-state index is -4.60. The Morgan fingerprint density at radius 2 is 1.69 bits per heavy atom. The first-order valence-electron chi connectivity index (χ1n) is 25.9. The number of piperidine rings is 1. The van der Waals surface area contributed by atoms with Crippen molar-refractivity contribution in [3.8, 4) is 0 Å². The topological polar surface area (TPSA) is 199 Å². The first-order chi connectivity index (χ1) is 34.6. The van der Waals surface area contributed by atoms with Crippen LogP contribution in [0.3, 0.4) is 0 Å². The summed E-state index contributed by atoms with van der Waals surface area (Å²) in [6.07, 6.45) is 9.04. The van der Waals surface area contributed by atoms with E-state index in [2.05, 4.69) is 78.8 Å². The number of hydrogen-bond acceptors (Lipinski definition) is 14. The molecule has 0 bridgehead atoms.